The van der Waals surface area contributed by atoms with Gasteiger partial charge in [-0.05, 0) is 42.6 Å². The topological polar surface area (TPSA) is 66.0 Å². The fraction of sp³-hybridized carbons (Fsp3) is 0.300. The Labute approximate surface area is 152 Å². The standard InChI is InChI=1S/C20H23FN4O/c1-13(2)18-11-20(25(3)24-18)26-19-10-15(21)5-6-16(19)17-7-4-14(8-9-22)12-23-17/h4-7,10-13H,8-9,22H2,1-3H3. The van der Waals surface area contributed by atoms with Crippen molar-refractivity contribution < 1.29 is 9.13 Å². The average Bonchev–Trinajstić information content (AvgIpc) is 2.97. The number of aryl methyl sites for hydroxylation is 1. The summed E-state index contributed by atoms with van der Waals surface area (Å²) in [5, 5.41) is 4.43. The first-order valence-corrected chi connectivity index (χ1v) is 8.64. The van der Waals surface area contributed by atoms with Crippen LogP contribution in [0.3, 0.4) is 0 Å². The van der Waals surface area contributed by atoms with Crippen molar-refractivity contribution in [2.75, 3.05) is 6.54 Å². The highest BCUT2D eigenvalue weighted by molar-refractivity contribution is 5.67. The van der Waals surface area contributed by atoms with Crippen LogP contribution in [0.5, 0.6) is 11.6 Å². The lowest BCUT2D eigenvalue weighted by Crippen LogP contribution is -2.03. The summed E-state index contributed by atoms with van der Waals surface area (Å²) >= 11 is 0. The third-order valence-corrected chi connectivity index (χ3v) is 4.14. The highest BCUT2D eigenvalue weighted by atomic mass is 19.1. The van der Waals surface area contributed by atoms with Crippen molar-refractivity contribution in [2.45, 2.75) is 26.2 Å². The summed E-state index contributed by atoms with van der Waals surface area (Å²) in [4.78, 5) is 4.47. The smallest absolute Gasteiger partial charge is 0.217 e. The molecule has 0 saturated carbocycles. The SMILES string of the molecule is CC(C)c1cc(Oc2cc(F)ccc2-c2ccc(CCN)cn2)n(C)n1. The Morgan fingerprint density at radius 1 is 1.19 bits per heavy atom. The van der Waals surface area contributed by atoms with E-state index >= 15 is 0 Å². The van der Waals surface area contributed by atoms with E-state index in [1.54, 1.807) is 24.0 Å². The Hall–Kier alpha value is -2.73. The van der Waals surface area contributed by atoms with Gasteiger partial charge in [-0.1, -0.05) is 19.9 Å². The van der Waals surface area contributed by atoms with E-state index in [4.69, 9.17) is 10.5 Å². The van der Waals surface area contributed by atoms with E-state index in [-0.39, 0.29) is 11.7 Å². The molecule has 0 aliphatic carbocycles. The summed E-state index contributed by atoms with van der Waals surface area (Å²) in [6.07, 6.45) is 2.56. The quantitative estimate of drug-likeness (QED) is 0.725. The molecule has 0 spiro atoms. The molecule has 0 unspecified atom stereocenters. The number of nitrogens with two attached hydrogens (primary N) is 1. The maximum Gasteiger partial charge on any atom is 0.217 e. The van der Waals surface area contributed by atoms with Crippen LogP contribution in [0.1, 0.15) is 31.0 Å². The number of nitrogens with zero attached hydrogens (tertiary/aromatic N) is 3. The van der Waals surface area contributed by atoms with Gasteiger partial charge in [-0.3, -0.25) is 4.98 Å². The third kappa shape index (κ3) is 3.91. The molecule has 3 aromatic rings. The van der Waals surface area contributed by atoms with Crippen LogP contribution in [-0.2, 0) is 13.5 Å². The first-order valence-electron chi connectivity index (χ1n) is 8.64. The lowest BCUT2D eigenvalue weighted by Gasteiger charge is -2.11. The van der Waals surface area contributed by atoms with E-state index in [0.717, 1.165) is 23.2 Å². The number of halogens is 1. The van der Waals surface area contributed by atoms with Gasteiger partial charge in [-0.15, -0.1) is 0 Å². The van der Waals surface area contributed by atoms with Gasteiger partial charge in [0.05, 0.1) is 11.4 Å². The minimum Gasteiger partial charge on any atom is -0.438 e. The first kappa shape index (κ1) is 18.1. The number of hydrogen-bond donors (Lipinski definition) is 1. The molecule has 0 atom stereocenters. The van der Waals surface area contributed by atoms with Crippen LogP contribution >= 0.6 is 0 Å². The maximum absolute atomic E-state index is 13.8. The lowest BCUT2D eigenvalue weighted by atomic mass is 10.1. The second kappa shape index (κ2) is 7.66. The number of benzene rings is 1. The van der Waals surface area contributed by atoms with Gasteiger partial charge in [0.1, 0.15) is 11.6 Å². The average molecular weight is 354 g/mol. The summed E-state index contributed by atoms with van der Waals surface area (Å²) in [6.45, 7) is 4.70. The highest BCUT2D eigenvalue weighted by Crippen LogP contribution is 2.34. The van der Waals surface area contributed by atoms with Gasteiger partial charge in [0.15, 0.2) is 0 Å². The number of ether oxygens (including phenoxy) is 1. The zero-order valence-electron chi connectivity index (χ0n) is 15.2. The summed E-state index contributed by atoms with van der Waals surface area (Å²) in [5.74, 6) is 0.875. The fourth-order valence-corrected chi connectivity index (χ4v) is 2.65. The normalized spacial score (nSPS) is 11.2. The van der Waals surface area contributed by atoms with Gasteiger partial charge in [0, 0.05) is 30.9 Å². The van der Waals surface area contributed by atoms with Crippen molar-refractivity contribution >= 4 is 0 Å². The number of pyridine rings is 1. The van der Waals surface area contributed by atoms with Gasteiger partial charge in [0.2, 0.25) is 5.88 Å². The van der Waals surface area contributed by atoms with Crippen molar-refractivity contribution in [3.8, 4) is 22.9 Å². The molecule has 136 valence electrons. The molecular weight excluding hydrogens is 331 g/mol. The van der Waals surface area contributed by atoms with Gasteiger partial charge in [-0.2, -0.15) is 5.10 Å². The van der Waals surface area contributed by atoms with Gasteiger partial charge in [-0.25, -0.2) is 9.07 Å². The summed E-state index contributed by atoms with van der Waals surface area (Å²) in [5.41, 5.74) is 9.00. The largest absolute Gasteiger partial charge is 0.438 e. The molecular formula is C20H23FN4O. The maximum atomic E-state index is 13.8. The summed E-state index contributed by atoms with van der Waals surface area (Å²) in [7, 11) is 1.81. The second-order valence-electron chi connectivity index (χ2n) is 6.52. The molecule has 0 amide bonds. The van der Waals surface area contributed by atoms with E-state index < -0.39 is 0 Å². The molecule has 3 rings (SSSR count). The predicted octanol–water partition coefficient (Wildman–Crippen LogP) is 4.04. The predicted molar refractivity (Wildman–Crippen MR) is 99.8 cm³/mol. The Kier molecular flexibility index (Phi) is 5.32. The number of hydrogen-bond acceptors (Lipinski definition) is 4. The Balaban J connectivity index is 1.96. The van der Waals surface area contributed by atoms with Gasteiger partial charge < -0.3 is 10.5 Å². The second-order valence-corrected chi connectivity index (χ2v) is 6.52. The van der Waals surface area contributed by atoms with Crippen molar-refractivity contribution in [3.05, 3.63) is 59.7 Å². The fourth-order valence-electron chi connectivity index (χ4n) is 2.65. The number of aromatic nitrogens is 3. The van der Waals surface area contributed by atoms with Crippen LogP contribution in [0.25, 0.3) is 11.3 Å². The minimum atomic E-state index is -0.366. The molecule has 1 aromatic carbocycles. The summed E-state index contributed by atoms with van der Waals surface area (Å²) < 4.78 is 21.5. The van der Waals surface area contributed by atoms with E-state index in [2.05, 4.69) is 23.9 Å². The molecule has 0 fully saturated rings. The van der Waals surface area contributed by atoms with Crippen LogP contribution < -0.4 is 10.5 Å². The van der Waals surface area contributed by atoms with E-state index in [0.29, 0.717) is 23.9 Å². The first-order chi connectivity index (χ1) is 12.5. The molecule has 0 bridgehead atoms. The molecule has 2 N–H and O–H groups in total. The number of rotatable bonds is 6. The van der Waals surface area contributed by atoms with Crippen molar-refractivity contribution in [1.29, 1.82) is 0 Å². The Bertz CT molecular complexity index is 887. The van der Waals surface area contributed by atoms with E-state index in [1.165, 1.54) is 12.1 Å². The van der Waals surface area contributed by atoms with Crippen molar-refractivity contribution in [3.63, 3.8) is 0 Å². The highest BCUT2D eigenvalue weighted by Gasteiger charge is 2.14. The van der Waals surface area contributed by atoms with Crippen LogP contribution in [0.2, 0.25) is 0 Å². The van der Waals surface area contributed by atoms with Crippen molar-refractivity contribution in [1.82, 2.24) is 14.8 Å². The molecule has 2 heterocycles. The molecule has 0 saturated heterocycles. The van der Waals surface area contributed by atoms with Crippen LogP contribution in [-0.4, -0.2) is 21.3 Å². The molecule has 6 heteroatoms. The summed E-state index contributed by atoms with van der Waals surface area (Å²) in [6, 6.07) is 10.2. The molecule has 2 aromatic heterocycles. The molecule has 0 aliphatic heterocycles. The lowest BCUT2D eigenvalue weighted by molar-refractivity contribution is 0.428. The van der Waals surface area contributed by atoms with E-state index in [9.17, 15) is 4.39 Å². The third-order valence-electron chi connectivity index (χ3n) is 4.14. The van der Waals surface area contributed by atoms with Crippen LogP contribution in [0.15, 0.2) is 42.6 Å². The van der Waals surface area contributed by atoms with Gasteiger partial charge >= 0.3 is 0 Å². The monoisotopic (exact) mass is 354 g/mol. The molecule has 26 heavy (non-hydrogen) atoms. The molecule has 0 aliphatic rings. The van der Waals surface area contributed by atoms with Crippen LogP contribution in [0, 0.1) is 5.82 Å². The molecule has 0 radical (unpaired) electrons. The molecule has 5 nitrogen and oxygen atoms in total. The Morgan fingerprint density at radius 2 is 2.00 bits per heavy atom. The van der Waals surface area contributed by atoms with Crippen molar-refractivity contribution in [2.24, 2.45) is 12.8 Å². The van der Waals surface area contributed by atoms with E-state index in [1.807, 2.05) is 18.2 Å². The Morgan fingerprint density at radius 3 is 2.62 bits per heavy atom. The zero-order valence-corrected chi connectivity index (χ0v) is 15.2. The minimum absolute atomic E-state index is 0.280. The van der Waals surface area contributed by atoms with Crippen LogP contribution in [0.4, 0.5) is 4.39 Å². The van der Waals surface area contributed by atoms with Gasteiger partial charge in [0.25, 0.3) is 0 Å². The zero-order chi connectivity index (χ0) is 18.7.